The van der Waals surface area contributed by atoms with Gasteiger partial charge in [-0.05, 0) is 51.5 Å². The average molecular weight is 380 g/mol. The van der Waals surface area contributed by atoms with Crippen LogP contribution in [-0.2, 0) is 14.3 Å². The molecule has 26 heavy (non-hydrogen) atoms. The lowest BCUT2D eigenvalue weighted by Gasteiger charge is -2.31. The van der Waals surface area contributed by atoms with Crippen LogP contribution in [0.5, 0.6) is 0 Å². The summed E-state index contributed by atoms with van der Waals surface area (Å²) in [5.41, 5.74) is 0.405. The third-order valence-corrected chi connectivity index (χ3v) is 5.12. The van der Waals surface area contributed by atoms with Crippen molar-refractivity contribution in [2.24, 2.45) is 5.92 Å². The van der Waals surface area contributed by atoms with Gasteiger partial charge in [0.1, 0.15) is 5.60 Å². The lowest BCUT2D eigenvalue weighted by Crippen LogP contribution is -2.38. The Hall–Kier alpha value is -1.69. The number of carbonyl (C=O) groups is 2. The predicted molar refractivity (Wildman–Crippen MR) is 103 cm³/mol. The van der Waals surface area contributed by atoms with E-state index in [2.05, 4.69) is 6.92 Å². The van der Waals surface area contributed by atoms with Gasteiger partial charge in [0.15, 0.2) is 0 Å². The molecule has 5 nitrogen and oxygen atoms in total. The van der Waals surface area contributed by atoms with Gasteiger partial charge in [0.05, 0.1) is 18.6 Å². The molecule has 1 aliphatic rings. The van der Waals surface area contributed by atoms with Gasteiger partial charge >= 0.3 is 12.1 Å². The number of carbonyl (C=O) groups excluding carboxylic acids is 2. The fourth-order valence-electron chi connectivity index (χ4n) is 3.21. The van der Waals surface area contributed by atoms with Crippen LogP contribution in [0.15, 0.2) is 29.2 Å². The molecule has 2 rings (SSSR count). The van der Waals surface area contributed by atoms with Crippen LogP contribution >= 0.6 is 11.8 Å². The smallest absolute Gasteiger partial charge is 0.410 e. The average Bonchev–Trinajstić information content (AvgIpc) is 2.99. The Morgan fingerprint density at radius 2 is 1.92 bits per heavy atom. The zero-order valence-electron chi connectivity index (χ0n) is 16.3. The van der Waals surface area contributed by atoms with Crippen molar-refractivity contribution < 1.29 is 19.1 Å². The van der Waals surface area contributed by atoms with Gasteiger partial charge in [0.25, 0.3) is 0 Å². The van der Waals surface area contributed by atoms with Gasteiger partial charge in [0.2, 0.25) is 0 Å². The van der Waals surface area contributed by atoms with E-state index in [9.17, 15) is 9.59 Å². The highest BCUT2D eigenvalue weighted by molar-refractivity contribution is 7.99. The second kappa shape index (κ2) is 8.80. The molecule has 0 radical (unpaired) electrons. The molecule has 0 N–H and O–H groups in total. The van der Waals surface area contributed by atoms with Crippen LogP contribution in [0.25, 0.3) is 0 Å². The number of nitrogens with zero attached hydrogens (tertiary/aromatic N) is 1. The van der Waals surface area contributed by atoms with Crippen molar-refractivity contribution in [1.82, 2.24) is 4.90 Å². The Bertz CT molecular complexity index is 641. The zero-order chi connectivity index (χ0) is 19.3. The van der Waals surface area contributed by atoms with Crippen molar-refractivity contribution in [1.29, 1.82) is 0 Å². The van der Waals surface area contributed by atoms with Crippen LogP contribution in [0.2, 0.25) is 0 Å². The number of esters is 1. The van der Waals surface area contributed by atoms with E-state index in [0.29, 0.717) is 19.6 Å². The molecule has 0 spiro atoms. The molecule has 0 aromatic heterocycles. The van der Waals surface area contributed by atoms with Crippen LogP contribution < -0.4 is 0 Å². The SMILES string of the molecule is CCOC(=O)C1CCN(C(=O)OC(C)(C)C)C1c1ccccc1SCC. The summed E-state index contributed by atoms with van der Waals surface area (Å²) in [6, 6.07) is 7.60. The van der Waals surface area contributed by atoms with Crippen molar-refractivity contribution >= 4 is 23.8 Å². The Morgan fingerprint density at radius 3 is 2.54 bits per heavy atom. The van der Waals surface area contributed by atoms with Crippen LogP contribution in [-0.4, -0.2) is 41.5 Å². The van der Waals surface area contributed by atoms with E-state index in [1.165, 1.54) is 0 Å². The van der Waals surface area contributed by atoms with Crippen molar-refractivity contribution in [2.45, 2.75) is 57.6 Å². The van der Waals surface area contributed by atoms with Crippen LogP contribution in [0.1, 0.15) is 52.6 Å². The van der Waals surface area contributed by atoms with Gasteiger partial charge in [-0.25, -0.2) is 4.79 Å². The van der Waals surface area contributed by atoms with Gasteiger partial charge in [0, 0.05) is 11.4 Å². The van der Waals surface area contributed by atoms with E-state index in [1.807, 2.05) is 45.0 Å². The van der Waals surface area contributed by atoms with E-state index in [-0.39, 0.29) is 24.0 Å². The minimum absolute atomic E-state index is 0.250. The van der Waals surface area contributed by atoms with Crippen LogP contribution in [0, 0.1) is 5.92 Å². The maximum Gasteiger partial charge on any atom is 0.410 e. The van der Waals surface area contributed by atoms with Gasteiger partial charge in [-0.3, -0.25) is 4.79 Å². The Kier molecular flexibility index (Phi) is 6.98. The van der Waals surface area contributed by atoms with Gasteiger partial charge in [-0.15, -0.1) is 11.8 Å². The summed E-state index contributed by atoms with van der Waals surface area (Å²) in [6.45, 7) is 10.2. The van der Waals surface area contributed by atoms with E-state index in [0.717, 1.165) is 16.2 Å². The summed E-state index contributed by atoms with van der Waals surface area (Å²) >= 11 is 1.71. The summed E-state index contributed by atoms with van der Waals surface area (Å²) in [7, 11) is 0. The molecule has 2 unspecified atom stereocenters. The minimum atomic E-state index is -0.582. The van der Waals surface area contributed by atoms with Crippen molar-refractivity contribution in [3.8, 4) is 0 Å². The molecule has 1 aromatic rings. The molecule has 0 aliphatic carbocycles. The first kappa shape index (κ1) is 20.6. The normalized spacial score (nSPS) is 20.1. The van der Waals surface area contributed by atoms with E-state index < -0.39 is 5.60 Å². The van der Waals surface area contributed by atoms with Gasteiger partial charge in [-0.1, -0.05) is 25.1 Å². The topological polar surface area (TPSA) is 55.8 Å². The summed E-state index contributed by atoms with van der Waals surface area (Å²) in [6.07, 6.45) is 0.194. The number of ether oxygens (including phenoxy) is 2. The third kappa shape index (κ3) is 4.93. The molecular weight excluding hydrogens is 350 g/mol. The molecule has 2 atom stereocenters. The summed E-state index contributed by atoms with van der Waals surface area (Å²) < 4.78 is 10.9. The Balaban J connectivity index is 2.40. The molecule has 0 bridgehead atoms. The Morgan fingerprint density at radius 1 is 1.23 bits per heavy atom. The zero-order valence-corrected chi connectivity index (χ0v) is 17.1. The number of rotatable bonds is 5. The predicted octanol–water partition coefficient (Wildman–Crippen LogP) is 4.66. The second-order valence-electron chi connectivity index (χ2n) is 7.24. The third-order valence-electron chi connectivity index (χ3n) is 4.15. The largest absolute Gasteiger partial charge is 0.466 e. The van der Waals surface area contributed by atoms with E-state index in [4.69, 9.17) is 9.47 Å². The molecule has 6 heteroatoms. The molecule has 1 saturated heterocycles. The van der Waals surface area contributed by atoms with Crippen molar-refractivity contribution in [2.75, 3.05) is 18.9 Å². The second-order valence-corrected chi connectivity index (χ2v) is 8.54. The van der Waals surface area contributed by atoms with Gasteiger partial charge < -0.3 is 14.4 Å². The first-order chi connectivity index (χ1) is 12.3. The number of hydrogen-bond donors (Lipinski definition) is 0. The molecule has 1 heterocycles. The maximum absolute atomic E-state index is 12.8. The highest BCUT2D eigenvalue weighted by atomic mass is 32.2. The number of hydrogen-bond acceptors (Lipinski definition) is 5. The lowest BCUT2D eigenvalue weighted by atomic mass is 9.93. The summed E-state index contributed by atoms with van der Waals surface area (Å²) in [4.78, 5) is 28.1. The standard InChI is InChI=1S/C20H29NO4S/c1-6-24-18(22)15-12-13-21(19(23)25-20(3,4)5)17(15)14-10-8-9-11-16(14)26-7-2/h8-11,15,17H,6-7,12-13H2,1-5H3. The van der Waals surface area contributed by atoms with E-state index in [1.54, 1.807) is 23.6 Å². The summed E-state index contributed by atoms with van der Waals surface area (Å²) in [5, 5.41) is 0. The molecule has 1 amide bonds. The van der Waals surface area contributed by atoms with E-state index >= 15 is 0 Å². The highest BCUT2D eigenvalue weighted by Gasteiger charge is 2.45. The fourth-order valence-corrected chi connectivity index (χ4v) is 4.05. The molecule has 144 valence electrons. The molecule has 1 aromatic carbocycles. The van der Waals surface area contributed by atoms with Gasteiger partial charge in [-0.2, -0.15) is 0 Å². The number of thioether (sulfide) groups is 1. The quantitative estimate of drug-likeness (QED) is 0.550. The summed E-state index contributed by atoms with van der Waals surface area (Å²) in [5.74, 6) is 0.293. The highest BCUT2D eigenvalue weighted by Crippen LogP contribution is 2.42. The van der Waals surface area contributed by atoms with Crippen molar-refractivity contribution in [3.63, 3.8) is 0 Å². The monoisotopic (exact) mass is 379 g/mol. The van der Waals surface area contributed by atoms with Crippen LogP contribution in [0.3, 0.4) is 0 Å². The van der Waals surface area contributed by atoms with Crippen LogP contribution in [0.4, 0.5) is 4.79 Å². The lowest BCUT2D eigenvalue weighted by molar-refractivity contribution is -0.148. The minimum Gasteiger partial charge on any atom is -0.466 e. The Labute approximate surface area is 160 Å². The van der Waals surface area contributed by atoms with Crippen molar-refractivity contribution in [3.05, 3.63) is 29.8 Å². The molecular formula is C20H29NO4S. The maximum atomic E-state index is 12.8. The first-order valence-corrected chi connectivity index (χ1v) is 10.1. The number of amides is 1. The fraction of sp³-hybridized carbons (Fsp3) is 0.600. The number of likely N-dealkylation sites (tertiary alicyclic amines) is 1. The molecule has 1 aliphatic heterocycles. The number of benzene rings is 1. The molecule has 1 fully saturated rings. The molecule has 0 saturated carbocycles. The first-order valence-electron chi connectivity index (χ1n) is 9.16.